The van der Waals surface area contributed by atoms with Gasteiger partial charge in [0, 0.05) is 38.6 Å². The number of hydrogen-bond acceptors (Lipinski definition) is 7. The first kappa shape index (κ1) is 12.7. The minimum atomic E-state index is 0.506. The summed E-state index contributed by atoms with van der Waals surface area (Å²) in [6.07, 6.45) is 3.55. The van der Waals surface area contributed by atoms with Crippen molar-refractivity contribution in [2.45, 2.75) is 6.54 Å². The SMILES string of the molecule is Clc1nnc(CN2CCN(c3ncccn3)CC2)s1. The minimum Gasteiger partial charge on any atom is -0.338 e. The molecule has 1 aliphatic heterocycles. The van der Waals surface area contributed by atoms with Crippen molar-refractivity contribution in [2.75, 3.05) is 31.1 Å². The van der Waals surface area contributed by atoms with Crippen molar-refractivity contribution in [3.63, 3.8) is 0 Å². The van der Waals surface area contributed by atoms with Crippen LogP contribution in [0.1, 0.15) is 5.01 Å². The Labute approximate surface area is 120 Å². The van der Waals surface area contributed by atoms with Gasteiger partial charge in [-0.25, -0.2) is 9.97 Å². The van der Waals surface area contributed by atoms with E-state index in [2.05, 4.69) is 30.0 Å². The highest BCUT2D eigenvalue weighted by Crippen LogP contribution is 2.18. The summed E-state index contributed by atoms with van der Waals surface area (Å²) in [6.45, 7) is 4.60. The number of piperazine rings is 1. The molecule has 1 saturated heterocycles. The zero-order chi connectivity index (χ0) is 13.1. The van der Waals surface area contributed by atoms with Gasteiger partial charge < -0.3 is 4.90 Å². The fourth-order valence-corrected chi connectivity index (χ4v) is 2.96. The van der Waals surface area contributed by atoms with E-state index in [-0.39, 0.29) is 0 Å². The van der Waals surface area contributed by atoms with E-state index in [1.54, 1.807) is 12.4 Å². The van der Waals surface area contributed by atoms with Gasteiger partial charge in [-0.1, -0.05) is 11.3 Å². The van der Waals surface area contributed by atoms with Gasteiger partial charge in [0.2, 0.25) is 10.4 Å². The quantitative estimate of drug-likeness (QED) is 0.851. The molecular formula is C11H13ClN6S. The standard InChI is InChI=1S/C11H13ClN6S/c12-10-16-15-9(19-10)8-17-4-6-18(7-5-17)11-13-2-1-3-14-11/h1-3H,4-8H2. The van der Waals surface area contributed by atoms with E-state index in [0.717, 1.165) is 43.7 Å². The van der Waals surface area contributed by atoms with Crippen LogP contribution in [-0.4, -0.2) is 51.2 Å². The molecule has 1 fully saturated rings. The summed E-state index contributed by atoms with van der Waals surface area (Å²) in [5.74, 6) is 0.807. The first-order valence-electron chi connectivity index (χ1n) is 6.03. The smallest absolute Gasteiger partial charge is 0.225 e. The van der Waals surface area contributed by atoms with E-state index in [4.69, 9.17) is 11.6 Å². The first-order valence-corrected chi connectivity index (χ1v) is 7.23. The van der Waals surface area contributed by atoms with Crippen LogP contribution >= 0.6 is 22.9 Å². The normalized spacial score (nSPS) is 16.8. The third-order valence-corrected chi connectivity index (χ3v) is 4.01. The van der Waals surface area contributed by atoms with Crippen LogP contribution in [0.15, 0.2) is 18.5 Å². The Bertz CT molecular complexity index is 525. The van der Waals surface area contributed by atoms with E-state index in [9.17, 15) is 0 Å². The molecule has 0 aliphatic carbocycles. The zero-order valence-corrected chi connectivity index (χ0v) is 11.8. The maximum atomic E-state index is 5.78. The molecule has 0 spiro atoms. The molecule has 1 aliphatic rings. The van der Waals surface area contributed by atoms with Crippen LogP contribution in [0.3, 0.4) is 0 Å². The fourth-order valence-electron chi connectivity index (χ4n) is 2.05. The summed E-state index contributed by atoms with van der Waals surface area (Å²) in [7, 11) is 0. The third-order valence-electron chi connectivity index (χ3n) is 3.01. The lowest BCUT2D eigenvalue weighted by molar-refractivity contribution is 0.248. The number of anilines is 1. The van der Waals surface area contributed by atoms with E-state index in [0.29, 0.717) is 4.47 Å². The number of halogens is 1. The van der Waals surface area contributed by atoms with Gasteiger partial charge in [-0.15, -0.1) is 10.2 Å². The van der Waals surface area contributed by atoms with Gasteiger partial charge in [0.15, 0.2) is 0 Å². The largest absolute Gasteiger partial charge is 0.338 e. The third kappa shape index (κ3) is 3.17. The second-order valence-electron chi connectivity index (χ2n) is 4.26. The molecule has 0 saturated carbocycles. The molecule has 0 atom stereocenters. The Balaban J connectivity index is 1.55. The van der Waals surface area contributed by atoms with Crippen LogP contribution in [0.25, 0.3) is 0 Å². The predicted octanol–water partition coefficient (Wildman–Crippen LogP) is 1.30. The van der Waals surface area contributed by atoms with Gasteiger partial charge in [-0.3, -0.25) is 4.90 Å². The Hall–Kier alpha value is -1.31. The molecule has 0 radical (unpaired) electrons. The molecule has 3 heterocycles. The fraction of sp³-hybridized carbons (Fsp3) is 0.455. The molecule has 100 valence electrons. The van der Waals surface area contributed by atoms with Crippen molar-refractivity contribution in [3.8, 4) is 0 Å². The maximum absolute atomic E-state index is 5.78. The molecule has 2 aromatic rings. The number of aromatic nitrogens is 4. The Morgan fingerprint density at radius 1 is 1.11 bits per heavy atom. The summed E-state index contributed by atoms with van der Waals surface area (Å²) < 4.78 is 0.506. The van der Waals surface area contributed by atoms with Crippen LogP contribution in [-0.2, 0) is 6.54 Å². The van der Waals surface area contributed by atoms with E-state index < -0.39 is 0 Å². The summed E-state index contributed by atoms with van der Waals surface area (Å²) in [4.78, 5) is 13.1. The maximum Gasteiger partial charge on any atom is 0.225 e. The monoisotopic (exact) mass is 296 g/mol. The number of rotatable bonds is 3. The van der Waals surface area contributed by atoms with Crippen LogP contribution in [0.2, 0.25) is 4.47 Å². The van der Waals surface area contributed by atoms with E-state index in [1.165, 1.54) is 11.3 Å². The summed E-state index contributed by atoms with van der Waals surface area (Å²) in [6, 6.07) is 1.83. The van der Waals surface area contributed by atoms with Crippen LogP contribution in [0.5, 0.6) is 0 Å². The van der Waals surface area contributed by atoms with Gasteiger partial charge in [0.05, 0.1) is 6.54 Å². The highest BCUT2D eigenvalue weighted by atomic mass is 35.5. The summed E-state index contributed by atoms with van der Waals surface area (Å²) in [5, 5.41) is 8.83. The molecule has 0 aromatic carbocycles. The molecule has 6 nitrogen and oxygen atoms in total. The molecule has 2 aromatic heterocycles. The Kier molecular flexibility index (Phi) is 3.86. The van der Waals surface area contributed by atoms with Crippen molar-refractivity contribution in [1.29, 1.82) is 0 Å². The topological polar surface area (TPSA) is 58.0 Å². The molecule has 8 heteroatoms. The van der Waals surface area contributed by atoms with Crippen molar-refractivity contribution >= 4 is 28.9 Å². The van der Waals surface area contributed by atoms with E-state index in [1.807, 2.05) is 6.07 Å². The van der Waals surface area contributed by atoms with Crippen molar-refractivity contribution < 1.29 is 0 Å². The van der Waals surface area contributed by atoms with Gasteiger partial charge in [0.1, 0.15) is 5.01 Å². The lowest BCUT2D eigenvalue weighted by Crippen LogP contribution is -2.46. The molecule has 0 bridgehead atoms. The van der Waals surface area contributed by atoms with Gasteiger partial charge in [-0.05, 0) is 17.7 Å². The Morgan fingerprint density at radius 3 is 2.47 bits per heavy atom. The predicted molar refractivity (Wildman–Crippen MR) is 74.4 cm³/mol. The van der Waals surface area contributed by atoms with E-state index >= 15 is 0 Å². The van der Waals surface area contributed by atoms with Gasteiger partial charge in [0.25, 0.3) is 0 Å². The molecular weight excluding hydrogens is 284 g/mol. The summed E-state index contributed by atoms with van der Waals surface area (Å²) in [5.41, 5.74) is 0. The summed E-state index contributed by atoms with van der Waals surface area (Å²) >= 11 is 7.22. The van der Waals surface area contributed by atoms with Gasteiger partial charge >= 0.3 is 0 Å². The van der Waals surface area contributed by atoms with Crippen LogP contribution in [0.4, 0.5) is 5.95 Å². The highest BCUT2D eigenvalue weighted by molar-refractivity contribution is 7.15. The highest BCUT2D eigenvalue weighted by Gasteiger charge is 2.19. The molecule has 0 amide bonds. The lowest BCUT2D eigenvalue weighted by Gasteiger charge is -2.34. The average molecular weight is 297 g/mol. The minimum absolute atomic E-state index is 0.506. The number of nitrogens with zero attached hydrogens (tertiary/aromatic N) is 6. The molecule has 19 heavy (non-hydrogen) atoms. The van der Waals surface area contributed by atoms with Crippen LogP contribution < -0.4 is 4.90 Å². The lowest BCUT2D eigenvalue weighted by atomic mass is 10.3. The van der Waals surface area contributed by atoms with Gasteiger partial charge in [-0.2, -0.15) is 0 Å². The Morgan fingerprint density at radius 2 is 1.84 bits per heavy atom. The zero-order valence-electron chi connectivity index (χ0n) is 10.2. The first-order chi connectivity index (χ1) is 9.31. The second kappa shape index (κ2) is 5.77. The van der Waals surface area contributed by atoms with Crippen LogP contribution in [0, 0.1) is 0 Å². The molecule has 0 unspecified atom stereocenters. The molecule has 3 rings (SSSR count). The molecule has 0 N–H and O–H groups in total. The van der Waals surface area contributed by atoms with Crippen molar-refractivity contribution in [1.82, 2.24) is 25.1 Å². The number of hydrogen-bond donors (Lipinski definition) is 0. The van der Waals surface area contributed by atoms with Crippen molar-refractivity contribution in [3.05, 3.63) is 27.9 Å². The average Bonchev–Trinajstić information content (AvgIpc) is 2.86. The van der Waals surface area contributed by atoms with Crippen molar-refractivity contribution in [2.24, 2.45) is 0 Å². The second-order valence-corrected chi connectivity index (χ2v) is 5.90.